The van der Waals surface area contributed by atoms with Crippen LogP contribution in [0.15, 0.2) is 42.0 Å². The number of carbonyl (C=O) groups is 1. The van der Waals surface area contributed by atoms with Crippen LogP contribution in [0.5, 0.6) is 0 Å². The van der Waals surface area contributed by atoms with Crippen molar-refractivity contribution in [1.29, 1.82) is 0 Å². The minimum atomic E-state index is -1.06. The number of halogens is 3. The fourth-order valence-corrected chi connectivity index (χ4v) is 4.16. The number of aromatic nitrogens is 2. The van der Waals surface area contributed by atoms with E-state index in [1.54, 1.807) is 12.3 Å². The minimum absolute atomic E-state index is 0.0200. The molecule has 2 atom stereocenters. The number of hydrogen-bond acceptors (Lipinski definition) is 6. The molecule has 4 rings (SSSR count). The van der Waals surface area contributed by atoms with Crippen molar-refractivity contribution >= 4 is 28.6 Å². The van der Waals surface area contributed by atoms with Gasteiger partial charge < -0.3 is 16.0 Å². The Balaban J connectivity index is 1.55. The average Bonchev–Trinajstić information content (AvgIpc) is 3.20. The number of benzene rings is 1. The Hall–Kier alpha value is -2.98. The standard InChI is InChI=1S/C20H18F3N5OS/c21-11-5-7-28(9-14(11)24)17-4-6-25-8-15(17)26-19(29)16-10-30-20(27-16)18-12(22)2-1-3-13(18)23/h1-4,6,8,10-11,14H,5,7,9,24H2,(H,26,29)/t11-,14-/m0/s1. The summed E-state index contributed by atoms with van der Waals surface area (Å²) in [4.78, 5) is 22.7. The minimum Gasteiger partial charge on any atom is -0.368 e. The van der Waals surface area contributed by atoms with Gasteiger partial charge in [-0.15, -0.1) is 11.3 Å². The highest BCUT2D eigenvalue weighted by atomic mass is 32.1. The summed E-state index contributed by atoms with van der Waals surface area (Å²) < 4.78 is 41.7. The van der Waals surface area contributed by atoms with Crippen LogP contribution >= 0.6 is 11.3 Å². The Labute approximate surface area is 174 Å². The number of thiazole rings is 1. The third-order valence-electron chi connectivity index (χ3n) is 4.87. The number of carbonyl (C=O) groups excluding carboxylic acids is 1. The molecule has 0 saturated carbocycles. The number of alkyl halides is 1. The van der Waals surface area contributed by atoms with Crippen LogP contribution in [0.25, 0.3) is 10.6 Å². The van der Waals surface area contributed by atoms with E-state index in [0.29, 0.717) is 30.9 Å². The van der Waals surface area contributed by atoms with Crippen LogP contribution in [0.3, 0.4) is 0 Å². The van der Waals surface area contributed by atoms with E-state index in [1.165, 1.54) is 17.6 Å². The SMILES string of the molecule is N[C@H]1CN(c2ccncc2NC(=O)c2csc(-c3c(F)cccc3F)n2)CC[C@@H]1F. The van der Waals surface area contributed by atoms with Crippen molar-refractivity contribution in [2.24, 2.45) is 5.73 Å². The van der Waals surface area contributed by atoms with Crippen LogP contribution in [0.2, 0.25) is 0 Å². The van der Waals surface area contributed by atoms with Gasteiger partial charge in [0.15, 0.2) is 0 Å². The van der Waals surface area contributed by atoms with E-state index in [0.717, 1.165) is 23.5 Å². The Morgan fingerprint density at radius 3 is 2.77 bits per heavy atom. The van der Waals surface area contributed by atoms with E-state index in [-0.39, 0.29) is 16.3 Å². The Morgan fingerprint density at radius 1 is 1.27 bits per heavy atom. The number of pyridine rings is 1. The molecule has 3 N–H and O–H groups in total. The summed E-state index contributed by atoms with van der Waals surface area (Å²) in [7, 11) is 0. The molecule has 1 amide bonds. The molecule has 156 valence electrons. The summed E-state index contributed by atoms with van der Waals surface area (Å²) in [6.45, 7) is 0.761. The topological polar surface area (TPSA) is 84.1 Å². The highest BCUT2D eigenvalue weighted by Gasteiger charge is 2.28. The molecule has 1 saturated heterocycles. The Kier molecular flexibility index (Phi) is 5.69. The Bertz CT molecular complexity index is 1060. The molecule has 0 spiro atoms. The number of anilines is 2. The molecule has 1 aliphatic rings. The monoisotopic (exact) mass is 433 g/mol. The van der Waals surface area contributed by atoms with Crippen molar-refractivity contribution in [3.8, 4) is 10.6 Å². The molecule has 0 unspecified atom stereocenters. The predicted molar refractivity (Wildman–Crippen MR) is 109 cm³/mol. The van der Waals surface area contributed by atoms with Gasteiger partial charge >= 0.3 is 0 Å². The molecule has 2 aromatic heterocycles. The van der Waals surface area contributed by atoms with E-state index in [9.17, 15) is 18.0 Å². The van der Waals surface area contributed by atoms with Gasteiger partial charge in [0.25, 0.3) is 5.91 Å². The van der Waals surface area contributed by atoms with E-state index in [2.05, 4.69) is 15.3 Å². The lowest BCUT2D eigenvalue weighted by atomic mass is 10.0. The Morgan fingerprint density at radius 2 is 2.03 bits per heavy atom. The number of nitrogens with one attached hydrogen (secondary N) is 1. The fraction of sp³-hybridized carbons (Fsp3) is 0.250. The molecule has 10 heteroatoms. The van der Waals surface area contributed by atoms with Crippen molar-refractivity contribution < 1.29 is 18.0 Å². The first-order chi connectivity index (χ1) is 14.4. The summed E-state index contributed by atoms with van der Waals surface area (Å²) >= 11 is 0.966. The van der Waals surface area contributed by atoms with Gasteiger partial charge in [0, 0.05) is 24.7 Å². The van der Waals surface area contributed by atoms with Crippen molar-refractivity contribution in [3.05, 3.63) is 59.4 Å². The lowest BCUT2D eigenvalue weighted by Crippen LogP contribution is -2.50. The van der Waals surface area contributed by atoms with Gasteiger partial charge in [0.1, 0.15) is 28.5 Å². The van der Waals surface area contributed by atoms with Gasteiger partial charge in [-0.25, -0.2) is 18.2 Å². The van der Waals surface area contributed by atoms with Crippen LogP contribution in [0.1, 0.15) is 16.9 Å². The summed E-state index contributed by atoms with van der Waals surface area (Å²) in [5.41, 5.74) is 6.67. The van der Waals surface area contributed by atoms with Gasteiger partial charge in [-0.05, 0) is 24.6 Å². The van der Waals surface area contributed by atoms with E-state index in [1.807, 2.05) is 4.90 Å². The number of hydrogen-bond donors (Lipinski definition) is 2. The second-order valence-corrected chi connectivity index (χ2v) is 7.75. The third-order valence-corrected chi connectivity index (χ3v) is 5.73. The fourth-order valence-electron chi connectivity index (χ4n) is 3.31. The van der Waals surface area contributed by atoms with Crippen LogP contribution in [-0.4, -0.2) is 41.2 Å². The van der Waals surface area contributed by atoms with Crippen molar-refractivity contribution in [3.63, 3.8) is 0 Å². The molecule has 30 heavy (non-hydrogen) atoms. The number of nitrogens with two attached hydrogens (primary N) is 1. The maximum atomic E-state index is 14.0. The van der Waals surface area contributed by atoms with E-state index >= 15 is 0 Å². The van der Waals surface area contributed by atoms with Crippen molar-refractivity contribution in [2.45, 2.75) is 18.6 Å². The molecule has 3 heterocycles. The van der Waals surface area contributed by atoms with Gasteiger partial charge in [-0.1, -0.05) is 6.07 Å². The van der Waals surface area contributed by atoms with Crippen LogP contribution in [0, 0.1) is 11.6 Å². The molecule has 1 aliphatic heterocycles. The molecule has 1 fully saturated rings. The molecule has 0 bridgehead atoms. The molecule has 6 nitrogen and oxygen atoms in total. The molecular weight excluding hydrogens is 415 g/mol. The molecule has 0 radical (unpaired) electrons. The molecule has 1 aromatic carbocycles. The first-order valence-electron chi connectivity index (χ1n) is 9.24. The number of rotatable bonds is 4. The average molecular weight is 433 g/mol. The first kappa shape index (κ1) is 20.3. The van der Waals surface area contributed by atoms with Gasteiger partial charge in [-0.2, -0.15) is 0 Å². The second-order valence-electron chi connectivity index (χ2n) is 6.90. The summed E-state index contributed by atoms with van der Waals surface area (Å²) in [5.74, 6) is -2.05. The normalized spacial score (nSPS) is 19.0. The molecule has 3 aromatic rings. The number of piperidine rings is 1. The molecule has 0 aliphatic carbocycles. The molecular formula is C20H18F3N5OS. The highest BCUT2D eigenvalue weighted by Crippen LogP contribution is 2.31. The predicted octanol–water partition coefficient (Wildman–Crippen LogP) is 3.61. The second kappa shape index (κ2) is 8.41. The van der Waals surface area contributed by atoms with Gasteiger partial charge in [-0.3, -0.25) is 9.78 Å². The maximum absolute atomic E-state index is 14.0. The highest BCUT2D eigenvalue weighted by molar-refractivity contribution is 7.13. The largest absolute Gasteiger partial charge is 0.368 e. The number of amides is 1. The quantitative estimate of drug-likeness (QED) is 0.657. The van der Waals surface area contributed by atoms with Crippen LogP contribution < -0.4 is 16.0 Å². The lowest BCUT2D eigenvalue weighted by Gasteiger charge is -2.35. The van der Waals surface area contributed by atoms with E-state index in [4.69, 9.17) is 5.73 Å². The van der Waals surface area contributed by atoms with Crippen molar-refractivity contribution in [1.82, 2.24) is 9.97 Å². The van der Waals surface area contributed by atoms with Gasteiger partial charge in [0.05, 0.1) is 29.2 Å². The zero-order valence-corrected chi connectivity index (χ0v) is 16.5. The van der Waals surface area contributed by atoms with E-state index < -0.39 is 29.8 Å². The lowest BCUT2D eigenvalue weighted by molar-refractivity contribution is 0.102. The zero-order chi connectivity index (χ0) is 21.3. The van der Waals surface area contributed by atoms with Crippen molar-refractivity contribution in [2.75, 3.05) is 23.3 Å². The zero-order valence-electron chi connectivity index (χ0n) is 15.7. The van der Waals surface area contributed by atoms with Gasteiger partial charge in [0.2, 0.25) is 0 Å². The summed E-state index contributed by atoms with van der Waals surface area (Å²) in [6.07, 6.45) is 2.28. The van der Waals surface area contributed by atoms with Crippen LogP contribution in [0.4, 0.5) is 24.5 Å². The van der Waals surface area contributed by atoms with Crippen LogP contribution in [-0.2, 0) is 0 Å². The summed E-state index contributed by atoms with van der Waals surface area (Å²) in [5, 5.41) is 4.22. The smallest absolute Gasteiger partial charge is 0.275 e. The third kappa shape index (κ3) is 4.01. The number of nitrogens with zero attached hydrogens (tertiary/aromatic N) is 3. The first-order valence-corrected chi connectivity index (χ1v) is 10.1. The summed E-state index contributed by atoms with van der Waals surface area (Å²) in [6, 6.07) is 4.62. The maximum Gasteiger partial charge on any atom is 0.275 e.